The van der Waals surface area contributed by atoms with Gasteiger partial charge in [-0.15, -0.1) is 0 Å². The van der Waals surface area contributed by atoms with Crippen molar-refractivity contribution in [2.75, 3.05) is 19.8 Å². The van der Waals surface area contributed by atoms with Crippen LogP contribution in [0.25, 0.3) is 10.8 Å². The molecule has 0 aliphatic heterocycles. The number of hydrogen-bond donors (Lipinski definition) is 0. The molecule has 2 rings (SSSR count). The highest BCUT2D eigenvalue weighted by Crippen LogP contribution is 2.16. The van der Waals surface area contributed by atoms with Crippen LogP contribution in [0.2, 0.25) is 0 Å². The van der Waals surface area contributed by atoms with Crippen LogP contribution in [0.1, 0.15) is 13.8 Å². The Kier molecular flexibility index (Phi) is 4.85. The zero-order valence-electron chi connectivity index (χ0n) is 14.3. The van der Waals surface area contributed by atoms with Gasteiger partial charge in [0, 0.05) is 31.4 Å². The van der Waals surface area contributed by atoms with E-state index in [1.54, 1.807) is 45.3 Å². The quantitative estimate of drug-likeness (QED) is 0.814. The topological polar surface area (TPSA) is 76.5 Å². The van der Waals surface area contributed by atoms with Gasteiger partial charge < -0.3 is 9.47 Å². The van der Waals surface area contributed by atoms with Gasteiger partial charge in [-0.25, -0.2) is 8.42 Å². The zero-order valence-corrected chi connectivity index (χ0v) is 15.1. The Morgan fingerprint density at radius 3 is 2.46 bits per heavy atom. The molecule has 2 aromatic rings. The molecule has 0 spiro atoms. The summed E-state index contributed by atoms with van der Waals surface area (Å²) in [5, 5.41) is 1.37. The Balaban J connectivity index is 2.21. The van der Waals surface area contributed by atoms with Gasteiger partial charge in [-0.1, -0.05) is 18.2 Å². The summed E-state index contributed by atoms with van der Waals surface area (Å²) in [5.41, 5.74) is -0.239. The predicted octanol–water partition coefficient (Wildman–Crippen LogP) is 1.28. The molecule has 1 aromatic carbocycles. The smallest absolute Gasteiger partial charge is 0.258 e. The number of sulfone groups is 1. The molecule has 0 unspecified atom stereocenters. The molecule has 0 bridgehead atoms. The van der Waals surface area contributed by atoms with Gasteiger partial charge in [0.05, 0.1) is 4.75 Å². The summed E-state index contributed by atoms with van der Waals surface area (Å²) in [6.45, 7) is 3.09. The first-order valence-corrected chi connectivity index (χ1v) is 9.44. The third-order valence-corrected chi connectivity index (χ3v) is 6.38. The molecule has 0 aliphatic rings. The number of benzene rings is 1. The van der Waals surface area contributed by atoms with E-state index < -0.39 is 14.6 Å². The van der Waals surface area contributed by atoms with Crippen LogP contribution < -0.4 is 5.56 Å². The number of pyridine rings is 1. The molecular formula is C17H22N2O4S. The van der Waals surface area contributed by atoms with Crippen LogP contribution in [-0.4, -0.2) is 48.4 Å². The molecule has 1 aromatic heterocycles. The lowest BCUT2D eigenvalue weighted by Crippen LogP contribution is -2.46. The number of nitrogens with zero attached hydrogens (tertiary/aromatic N) is 2. The molecule has 24 heavy (non-hydrogen) atoms. The molecule has 0 saturated carbocycles. The SMILES string of the molecule is CN(CC(C)(C)S(C)(=O)=O)C(=O)Cn1ccc2ccccc2c1=O. The van der Waals surface area contributed by atoms with Gasteiger partial charge in [-0.2, -0.15) is 0 Å². The van der Waals surface area contributed by atoms with E-state index >= 15 is 0 Å². The summed E-state index contributed by atoms with van der Waals surface area (Å²) in [6.07, 6.45) is 2.73. The van der Waals surface area contributed by atoms with Crippen molar-refractivity contribution in [1.82, 2.24) is 9.47 Å². The lowest BCUT2D eigenvalue weighted by molar-refractivity contribution is -0.130. The average Bonchev–Trinajstić information content (AvgIpc) is 2.48. The molecule has 0 saturated heterocycles. The number of likely N-dealkylation sites (N-methyl/N-ethyl adjacent to an activating group) is 1. The summed E-state index contributed by atoms with van der Waals surface area (Å²) >= 11 is 0. The third-order valence-electron chi connectivity index (χ3n) is 4.24. The van der Waals surface area contributed by atoms with Gasteiger partial charge in [0.15, 0.2) is 9.84 Å². The number of amides is 1. The third kappa shape index (κ3) is 3.67. The van der Waals surface area contributed by atoms with Crippen molar-refractivity contribution < 1.29 is 13.2 Å². The molecule has 1 heterocycles. The van der Waals surface area contributed by atoms with E-state index in [1.807, 2.05) is 12.1 Å². The van der Waals surface area contributed by atoms with E-state index in [0.717, 1.165) is 11.6 Å². The van der Waals surface area contributed by atoms with Gasteiger partial charge in [0.2, 0.25) is 5.91 Å². The van der Waals surface area contributed by atoms with Gasteiger partial charge in [0.1, 0.15) is 6.54 Å². The van der Waals surface area contributed by atoms with E-state index in [2.05, 4.69) is 0 Å². The minimum atomic E-state index is -3.30. The molecule has 0 radical (unpaired) electrons. The van der Waals surface area contributed by atoms with Crippen LogP contribution in [0.3, 0.4) is 0 Å². The maximum absolute atomic E-state index is 12.4. The summed E-state index contributed by atoms with van der Waals surface area (Å²) in [4.78, 5) is 26.2. The van der Waals surface area contributed by atoms with Crippen molar-refractivity contribution >= 4 is 26.5 Å². The van der Waals surface area contributed by atoms with Crippen LogP contribution in [0, 0.1) is 0 Å². The molecule has 130 valence electrons. The Hall–Kier alpha value is -2.15. The number of rotatable bonds is 5. The number of carbonyl (C=O) groups excluding carboxylic acids is 1. The van der Waals surface area contributed by atoms with Crippen LogP contribution in [0.15, 0.2) is 41.3 Å². The van der Waals surface area contributed by atoms with Crippen LogP contribution in [0.4, 0.5) is 0 Å². The summed E-state index contributed by atoms with van der Waals surface area (Å²) in [5.74, 6) is -0.316. The fourth-order valence-electron chi connectivity index (χ4n) is 2.40. The van der Waals surface area contributed by atoms with E-state index in [4.69, 9.17) is 0 Å². The van der Waals surface area contributed by atoms with E-state index in [-0.39, 0.29) is 24.6 Å². The van der Waals surface area contributed by atoms with Gasteiger partial charge in [0.25, 0.3) is 5.56 Å². The maximum Gasteiger partial charge on any atom is 0.258 e. The first-order valence-electron chi connectivity index (χ1n) is 7.55. The largest absolute Gasteiger partial charge is 0.343 e. The van der Waals surface area contributed by atoms with Crippen molar-refractivity contribution in [3.8, 4) is 0 Å². The van der Waals surface area contributed by atoms with Crippen molar-refractivity contribution in [1.29, 1.82) is 0 Å². The highest BCUT2D eigenvalue weighted by atomic mass is 32.2. The second kappa shape index (κ2) is 6.39. The van der Waals surface area contributed by atoms with Crippen LogP contribution in [0.5, 0.6) is 0 Å². The van der Waals surface area contributed by atoms with Crippen LogP contribution >= 0.6 is 0 Å². The van der Waals surface area contributed by atoms with Crippen molar-refractivity contribution in [3.05, 3.63) is 46.9 Å². The minimum Gasteiger partial charge on any atom is -0.343 e. The Morgan fingerprint density at radius 1 is 1.21 bits per heavy atom. The van der Waals surface area contributed by atoms with Crippen molar-refractivity contribution in [3.63, 3.8) is 0 Å². The van der Waals surface area contributed by atoms with E-state index in [0.29, 0.717) is 5.39 Å². The lowest BCUT2D eigenvalue weighted by atomic mass is 10.2. The highest BCUT2D eigenvalue weighted by Gasteiger charge is 2.32. The number of aromatic nitrogens is 1. The van der Waals surface area contributed by atoms with Gasteiger partial charge in [-0.3, -0.25) is 9.59 Å². The average molecular weight is 350 g/mol. The highest BCUT2D eigenvalue weighted by molar-refractivity contribution is 7.92. The number of carbonyl (C=O) groups is 1. The molecule has 7 heteroatoms. The first kappa shape index (κ1) is 18.2. The lowest BCUT2D eigenvalue weighted by Gasteiger charge is -2.28. The zero-order chi connectivity index (χ0) is 18.1. The Morgan fingerprint density at radius 2 is 1.83 bits per heavy atom. The number of hydrogen-bond acceptors (Lipinski definition) is 4. The van der Waals surface area contributed by atoms with Crippen molar-refractivity contribution in [2.24, 2.45) is 0 Å². The molecule has 0 N–H and O–H groups in total. The second-order valence-electron chi connectivity index (χ2n) is 6.62. The maximum atomic E-state index is 12.4. The van der Waals surface area contributed by atoms with E-state index in [9.17, 15) is 18.0 Å². The van der Waals surface area contributed by atoms with Crippen LogP contribution in [-0.2, 0) is 21.2 Å². The summed E-state index contributed by atoms with van der Waals surface area (Å²) in [6, 6.07) is 8.96. The first-order chi connectivity index (χ1) is 11.0. The normalized spacial score (nSPS) is 12.3. The van der Waals surface area contributed by atoms with Gasteiger partial charge >= 0.3 is 0 Å². The molecule has 1 amide bonds. The Labute approximate surface area is 141 Å². The fourth-order valence-corrected chi connectivity index (χ4v) is 2.83. The molecular weight excluding hydrogens is 328 g/mol. The fraction of sp³-hybridized carbons (Fsp3) is 0.412. The standard InChI is InChI=1S/C17H22N2O4S/c1-17(2,24(4,22)23)12-18(3)15(20)11-19-10-9-13-7-5-6-8-14(13)16(19)21/h5-10H,11-12H2,1-4H3. The van der Waals surface area contributed by atoms with Crippen molar-refractivity contribution in [2.45, 2.75) is 25.1 Å². The van der Waals surface area contributed by atoms with Gasteiger partial charge in [-0.05, 0) is 31.4 Å². The monoisotopic (exact) mass is 350 g/mol. The molecule has 0 fully saturated rings. The predicted molar refractivity (Wildman–Crippen MR) is 94.8 cm³/mol. The number of fused-ring (bicyclic) bond motifs is 1. The molecule has 0 atom stereocenters. The summed E-state index contributed by atoms with van der Waals surface area (Å²) in [7, 11) is -1.76. The minimum absolute atomic E-state index is 0.0625. The molecule has 0 aliphatic carbocycles. The molecule has 6 nitrogen and oxygen atoms in total. The second-order valence-corrected chi connectivity index (χ2v) is 9.27. The Bertz CT molecular complexity index is 929. The van der Waals surface area contributed by atoms with E-state index in [1.165, 1.54) is 9.47 Å². The summed E-state index contributed by atoms with van der Waals surface area (Å²) < 4.78 is 23.8.